The standard InChI is InChI=1S/C11H8FIN2O3/c12-8-4-10(11(15(16)17)5-9(8)13)14-6-7-2-1-3-18-7/h1-5,14H,6H2. The number of furan rings is 1. The van der Waals surface area contributed by atoms with Crippen LogP contribution in [0.5, 0.6) is 0 Å². The SMILES string of the molecule is O=[N+]([O-])c1cc(I)c(F)cc1NCc1ccco1. The molecule has 0 fully saturated rings. The monoisotopic (exact) mass is 362 g/mol. The summed E-state index contributed by atoms with van der Waals surface area (Å²) in [5.41, 5.74) is -0.0262. The van der Waals surface area contributed by atoms with Gasteiger partial charge in [-0.3, -0.25) is 10.1 Å². The van der Waals surface area contributed by atoms with Gasteiger partial charge in [-0.1, -0.05) is 0 Å². The van der Waals surface area contributed by atoms with Gasteiger partial charge in [0.2, 0.25) is 0 Å². The lowest BCUT2D eigenvalue weighted by Crippen LogP contribution is -2.03. The van der Waals surface area contributed by atoms with Crippen LogP contribution in [-0.4, -0.2) is 4.92 Å². The third-order valence-corrected chi connectivity index (χ3v) is 3.10. The molecule has 0 amide bonds. The second kappa shape index (κ2) is 5.34. The predicted octanol–water partition coefficient (Wildman–Crippen LogP) is 3.54. The average molecular weight is 362 g/mol. The summed E-state index contributed by atoms with van der Waals surface area (Å²) in [7, 11) is 0. The number of nitrogens with zero attached hydrogens (tertiary/aromatic N) is 1. The van der Waals surface area contributed by atoms with Crippen molar-refractivity contribution in [1.29, 1.82) is 0 Å². The first-order valence-electron chi connectivity index (χ1n) is 4.97. The van der Waals surface area contributed by atoms with Gasteiger partial charge in [0.25, 0.3) is 5.69 Å². The van der Waals surface area contributed by atoms with Crippen LogP contribution in [0, 0.1) is 19.5 Å². The second-order valence-electron chi connectivity index (χ2n) is 3.47. The lowest BCUT2D eigenvalue weighted by Gasteiger charge is -2.06. The molecule has 0 aliphatic rings. The summed E-state index contributed by atoms with van der Waals surface area (Å²) in [5.74, 6) is 0.117. The van der Waals surface area contributed by atoms with Gasteiger partial charge < -0.3 is 9.73 Å². The van der Waals surface area contributed by atoms with Crippen molar-refractivity contribution in [3.05, 3.63) is 55.8 Å². The Morgan fingerprint density at radius 1 is 1.50 bits per heavy atom. The molecule has 7 heteroatoms. The fraction of sp³-hybridized carbons (Fsp3) is 0.0909. The Hall–Kier alpha value is -1.64. The molecule has 1 aromatic heterocycles. The summed E-state index contributed by atoms with van der Waals surface area (Å²) in [4.78, 5) is 10.3. The first-order valence-corrected chi connectivity index (χ1v) is 6.05. The average Bonchev–Trinajstić information content (AvgIpc) is 2.83. The predicted molar refractivity (Wildman–Crippen MR) is 71.8 cm³/mol. The van der Waals surface area contributed by atoms with Crippen molar-refractivity contribution in [3.63, 3.8) is 0 Å². The van der Waals surface area contributed by atoms with E-state index in [9.17, 15) is 14.5 Å². The van der Waals surface area contributed by atoms with E-state index in [0.717, 1.165) is 6.07 Å². The Balaban J connectivity index is 2.25. The molecule has 0 unspecified atom stereocenters. The van der Waals surface area contributed by atoms with Crippen molar-refractivity contribution < 1.29 is 13.7 Å². The van der Waals surface area contributed by atoms with E-state index in [1.165, 1.54) is 12.3 Å². The van der Waals surface area contributed by atoms with Crippen molar-refractivity contribution in [3.8, 4) is 0 Å². The molecule has 0 saturated heterocycles. The molecule has 5 nitrogen and oxygen atoms in total. The van der Waals surface area contributed by atoms with Gasteiger partial charge in [0, 0.05) is 12.1 Å². The molecule has 94 valence electrons. The summed E-state index contributed by atoms with van der Waals surface area (Å²) in [5, 5.41) is 13.6. The molecule has 2 rings (SSSR count). The van der Waals surface area contributed by atoms with Gasteiger partial charge in [0.1, 0.15) is 17.3 Å². The number of nitro groups is 1. The molecule has 0 radical (unpaired) electrons. The van der Waals surface area contributed by atoms with E-state index in [2.05, 4.69) is 5.32 Å². The molecule has 0 bridgehead atoms. The Morgan fingerprint density at radius 3 is 2.89 bits per heavy atom. The molecule has 0 aliphatic heterocycles. The summed E-state index contributed by atoms with van der Waals surface area (Å²) >= 11 is 1.71. The van der Waals surface area contributed by atoms with Gasteiger partial charge in [-0.25, -0.2) is 4.39 Å². The maximum absolute atomic E-state index is 13.4. The van der Waals surface area contributed by atoms with Crippen LogP contribution < -0.4 is 5.32 Å². The van der Waals surface area contributed by atoms with E-state index >= 15 is 0 Å². The molecule has 1 N–H and O–H groups in total. The minimum absolute atomic E-state index is 0.134. The van der Waals surface area contributed by atoms with E-state index in [1.807, 2.05) is 0 Å². The van der Waals surface area contributed by atoms with E-state index in [1.54, 1.807) is 34.7 Å². The molecule has 0 atom stereocenters. The van der Waals surface area contributed by atoms with Crippen LogP contribution in [0.4, 0.5) is 15.8 Å². The first-order chi connectivity index (χ1) is 8.58. The normalized spacial score (nSPS) is 10.3. The third-order valence-electron chi connectivity index (χ3n) is 2.27. The lowest BCUT2D eigenvalue weighted by molar-refractivity contribution is -0.384. The number of nitrogens with one attached hydrogen (secondary N) is 1. The van der Waals surface area contributed by atoms with Crippen molar-refractivity contribution in [1.82, 2.24) is 0 Å². The molecular weight excluding hydrogens is 354 g/mol. The van der Waals surface area contributed by atoms with Gasteiger partial charge in [-0.05, 0) is 34.7 Å². The highest BCUT2D eigenvalue weighted by Crippen LogP contribution is 2.29. The largest absolute Gasteiger partial charge is 0.467 e. The van der Waals surface area contributed by atoms with Crippen LogP contribution in [0.1, 0.15) is 5.76 Å². The Kier molecular flexibility index (Phi) is 3.80. The van der Waals surface area contributed by atoms with Gasteiger partial charge in [-0.15, -0.1) is 0 Å². The summed E-state index contributed by atoms with van der Waals surface area (Å²) in [6.45, 7) is 0.258. The minimum Gasteiger partial charge on any atom is -0.467 e. The summed E-state index contributed by atoms with van der Waals surface area (Å²) in [6.07, 6.45) is 1.50. The third kappa shape index (κ3) is 2.78. The highest BCUT2D eigenvalue weighted by molar-refractivity contribution is 14.1. The molecule has 0 saturated carbocycles. The number of anilines is 1. The lowest BCUT2D eigenvalue weighted by atomic mass is 10.2. The topological polar surface area (TPSA) is 68.3 Å². The molecular formula is C11H8FIN2O3. The van der Waals surface area contributed by atoms with Crippen LogP contribution in [-0.2, 0) is 6.54 Å². The van der Waals surface area contributed by atoms with Crippen molar-refractivity contribution >= 4 is 34.0 Å². The first kappa shape index (κ1) is 12.8. The quantitative estimate of drug-likeness (QED) is 0.513. The van der Waals surface area contributed by atoms with E-state index < -0.39 is 10.7 Å². The highest BCUT2D eigenvalue weighted by Gasteiger charge is 2.17. The number of hydrogen-bond acceptors (Lipinski definition) is 4. The van der Waals surface area contributed by atoms with Gasteiger partial charge in [-0.2, -0.15) is 0 Å². The van der Waals surface area contributed by atoms with Crippen LogP contribution in [0.2, 0.25) is 0 Å². The number of hydrogen-bond donors (Lipinski definition) is 1. The Bertz CT molecular complexity index is 572. The van der Waals surface area contributed by atoms with E-state index in [-0.39, 0.29) is 21.5 Å². The number of benzene rings is 1. The Morgan fingerprint density at radius 2 is 2.28 bits per heavy atom. The number of rotatable bonds is 4. The smallest absolute Gasteiger partial charge is 0.293 e. The summed E-state index contributed by atoms with van der Waals surface area (Å²) in [6, 6.07) is 5.74. The summed E-state index contributed by atoms with van der Waals surface area (Å²) < 4.78 is 18.7. The number of nitro benzene ring substituents is 1. The fourth-order valence-corrected chi connectivity index (χ4v) is 1.88. The molecule has 0 aliphatic carbocycles. The molecule has 1 heterocycles. The van der Waals surface area contributed by atoms with Gasteiger partial charge in [0.15, 0.2) is 0 Å². The van der Waals surface area contributed by atoms with Gasteiger partial charge >= 0.3 is 0 Å². The van der Waals surface area contributed by atoms with Crippen molar-refractivity contribution in [2.75, 3.05) is 5.32 Å². The maximum Gasteiger partial charge on any atom is 0.293 e. The molecule has 2 aromatic rings. The highest BCUT2D eigenvalue weighted by atomic mass is 127. The number of halogens is 2. The van der Waals surface area contributed by atoms with Crippen LogP contribution >= 0.6 is 22.6 Å². The second-order valence-corrected chi connectivity index (χ2v) is 4.64. The van der Waals surface area contributed by atoms with Crippen LogP contribution in [0.25, 0.3) is 0 Å². The zero-order chi connectivity index (χ0) is 13.1. The van der Waals surface area contributed by atoms with Crippen LogP contribution in [0.3, 0.4) is 0 Å². The molecule has 18 heavy (non-hydrogen) atoms. The van der Waals surface area contributed by atoms with E-state index in [4.69, 9.17) is 4.42 Å². The maximum atomic E-state index is 13.4. The fourth-order valence-electron chi connectivity index (χ4n) is 1.42. The van der Waals surface area contributed by atoms with Gasteiger partial charge in [0.05, 0.1) is 21.3 Å². The van der Waals surface area contributed by atoms with Crippen molar-refractivity contribution in [2.45, 2.75) is 6.54 Å². The van der Waals surface area contributed by atoms with Crippen molar-refractivity contribution in [2.24, 2.45) is 0 Å². The Labute approximate surface area is 115 Å². The zero-order valence-corrected chi connectivity index (χ0v) is 11.2. The molecule has 1 aromatic carbocycles. The zero-order valence-electron chi connectivity index (χ0n) is 9.02. The van der Waals surface area contributed by atoms with E-state index in [0.29, 0.717) is 5.76 Å². The van der Waals surface area contributed by atoms with Crippen LogP contribution in [0.15, 0.2) is 34.9 Å². The molecule has 0 spiro atoms. The minimum atomic E-state index is -0.550.